The first-order valence-corrected chi connectivity index (χ1v) is 5.52. The Bertz CT molecular complexity index is 320. The van der Waals surface area contributed by atoms with Crippen LogP contribution in [0.25, 0.3) is 0 Å². The molecule has 3 unspecified atom stereocenters. The van der Waals surface area contributed by atoms with Crippen LogP contribution in [0, 0.1) is 5.92 Å². The predicted octanol–water partition coefficient (Wildman–Crippen LogP) is 1.32. The smallest absolute Gasteiger partial charge is 0.0503 e. The Morgan fingerprint density at radius 3 is 2.27 bits per heavy atom. The van der Waals surface area contributed by atoms with Crippen molar-refractivity contribution < 1.29 is 0 Å². The van der Waals surface area contributed by atoms with Gasteiger partial charge in [-0.25, -0.2) is 5.43 Å². The predicted molar refractivity (Wildman–Crippen MR) is 62.0 cm³/mol. The minimum Gasteiger partial charge on any atom is -0.326 e. The lowest BCUT2D eigenvalue weighted by molar-refractivity contribution is 0.475. The maximum absolute atomic E-state index is 5.57. The fourth-order valence-electron chi connectivity index (χ4n) is 2.02. The fraction of sp³-hybridized carbons (Fsp3) is 0.500. The Morgan fingerprint density at radius 2 is 1.80 bits per heavy atom. The summed E-state index contributed by atoms with van der Waals surface area (Å²) in [4.78, 5) is 0. The zero-order valence-corrected chi connectivity index (χ0v) is 9.33. The first-order valence-electron chi connectivity index (χ1n) is 5.52. The van der Waals surface area contributed by atoms with Gasteiger partial charge in [-0.2, -0.15) is 0 Å². The van der Waals surface area contributed by atoms with E-state index in [0.717, 1.165) is 0 Å². The molecule has 3 nitrogen and oxygen atoms in total. The van der Waals surface area contributed by atoms with E-state index >= 15 is 0 Å². The van der Waals surface area contributed by atoms with Crippen molar-refractivity contribution in [3.05, 3.63) is 35.4 Å². The Balaban J connectivity index is 2.16. The Hall–Kier alpha value is -0.900. The van der Waals surface area contributed by atoms with Crippen molar-refractivity contribution in [3.63, 3.8) is 0 Å². The van der Waals surface area contributed by atoms with Crippen molar-refractivity contribution >= 4 is 0 Å². The summed E-state index contributed by atoms with van der Waals surface area (Å²) in [6.07, 6.45) is 0. The summed E-state index contributed by atoms with van der Waals surface area (Å²) in [5.41, 5.74) is 14.7. The van der Waals surface area contributed by atoms with E-state index in [0.29, 0.717) is 24.5 Å². The molecule has 15 heavy (non-hydrogen) atoms. The summed E-state index contributed by atoms with van der Waals surface area (Å²) >= 11 is 0. The average molecular weight is 205 g/mol. The molecule has 0 aliphatic carbocycles. The second kappa shape index (κ2) is 4.31. The number of hydrogen-bond acceptors (Lipinski definition) is 3. The first-order chi connectivity index (χ1) is 7.22. The Kier molecular flexibility index (Phi) is 3.05. The lowest BCUT2D eigenvalue weighted by Crippen LogP contribution is -2.29. The molecule has 1 aromatic carbocycles. The van der Waals surface area contributed by atoms with Gasteiger partial charge in [0, 0.05) is 12.6 Å². The lowest BCUT2D eigenvalue weighted by Gasteiger charge is -2.16. The highest BCUT2D eigenvalue weighted by molar-refractivity contribution is 5.26. The van der Waals surface area contributed by atoms with Gasteiger partial charge in [-0.3, -0.25) is 5.43 Å². The minimum atomic E-state index is 0.409. The van der Waals surface area contributed by atoms with Crippen molar-refractivity contribution in [1.29, 1.82) is 0 Å². The summed E-state index contributed by atoms with van der Waals surface area (Å²) < 4.78 is 0. The molecule has 82 valence electrons. The molecule has 3 atom stereocenters. The topological polar surface area (TPSA) is 50.1 Å². The van der Waals surface area contributed by atoms with Gasteiger partial charge in [0.15, 0.2) is 0 Å². The zero-order valence-electron chi connectivity index (χ0n) is 9.33. The molecule has 1 heterocycles. The van der Waals surface area contributed by atoms with Gasteiger partial charge in [-0.15, -0.1) is 0 Å². The highest BCUT2D eigenvalue weighted by Crippen LogP contribution is 2.27. The molecule has 1 saturated heterocycles. The van der Waals surface area contributed by atoms with Crippen LogP contribution in [-0.4, -0.2) is 6.04 Å². The summed E-state index contributed by atoms with van der Waals surface area (Å²) in [6, 6.07) is 9.46. The number of nitrogens with two attached hydrogens (primary N) is 1. The van der Waals surface area contributed by atoms with E-state index in [-0.39, 0.29) is 0 Å². The van der Waals surface area contributed by atoms with Crippen LogP contribution in [0.3, 0.4) is 0 Å². The van der Waals surface area contributed by atoms with Crippen molar-refractivity contribution in [3.8, 4) is 0 Å². The van der Waals surface area contributed by atoms with Gasteiger partial charge in [0.25, 0.3) is 0 Å². The van der Waals surface area contributed by atoms with Crippen molar-refractivity contribution in [2.24, 2.45) is 11.7 Å². The van der Waals surface area contributed by atoms with E-state index in [9.17, 15) is 0 Å². The maximum Gasteiger partial charge on any atom is 0.0503 e. The van der Waals surface area contributed by atoms with Crippen LogP contribution >= 0.6 is 0 Å². The van der Waals surface area contributed by atoms with E-state index in [1.165, 1.54) is 11.1 Å². The molecule has 1 aromatic rings. The number of hydrazine groups is 1. The van der Waals surface area contributed by atoms with Crippen LogP contribution in [0.15, 0.2) is 24.3 Å². The number of benzene rings is 1. The van der Waals surface area contributed by atoms with E-state index in [2.05, 4.69) is 49.0 Å². The third kappa shape index (κ3) is 2.04. The summed E-state index contributed by atoms with van der Waals surface area (Å²) in [7, 11) is 0. The number of nitrogens with one attached hydrogen (secondary N) is 2. The molecule has 1 aliphatic heterocycles. The van der Waals surface area contributed by atoms with Crippen molar-refractivity contribution in [2.75, 3.05) is 0 Å². The molecule has 0 spiro atoms. The number of hydrogen-bond donors (Lipinski definition) is 3. The highest BCUT2D eigenvalue weighted by Gasteiger charge is 2.29. The molecular weight excluding hydrogens is 186 g/mol. The summed E-state index contributed by atoms with van der Waals surface area (Å²) in [5, 5.41) is 0. The van der Waals surface area contributed by atoms with E-state index < -0.39 is 0 Å². The molecule has 1 aliphatic rings. The highest BCUT2D eigenvalue weighted by atomic mass is 15.4. The third-order valence-corrected chi connectivity index (χ3v) is 3.36. The molecule has 0 saturated carbocycles. The molecule has 3 heteroatoms. The lowest BCUT2D eigenvalue weighted by atomic mass is 9.92. The third-order valence-electron chi connectivity index (χ3n) is 3.36. The average Bonchev–Trinajstić information content (AvgIpc) is 2.60. The molecule has 0 radical (unpaired) electrons. The van der Waals surface area contributed by atoms with Gasteiger partial charge in [0.1, 0.15) is 0 Å². The summed E-state index contributed by atoms with van der Waals surface area (Å²) in [5.74, 6) is 0.605. The van der Waals surface area contributed by atoms with Gasteiger partial charge in [-0.1, -0.05) is 31.2 Å². The largest absolute Gasteiger partial charge is 0.326 e. The minimum absolute atomic E-state index is 0.409. The van der Waals surface area contributed by atoms with Crippen LogP contribution in [0.2, 0.25) is 0 Å². The van der Waals surface area contributed by atoms with Crippen molar-refractivity contribution in [2.45, 2.75) is 32.5 Å². The second-order valence-corrected chi connectivity index (χ2v) is 4.36. The SMILES string of the molecule is CC1NNC(c2ccc(CN)cc2)C1C. The molecule has 0 aromatic heterocycles. The second-order valence-electron chi connectivity index (χ2n) is 4.36. The normalized spacial score (nSPS) is 30.7. The monoisotopic (exact) mass is 205 g/mol. The molecule has 4 N–H and O–H groups in total. The van der Waals surface area contributed by atoms with Gasteiger partial charge in [0.2, 0.25) is 0 Å². The number of rotatable bonds is 2. The Labute approximate surface area is 91.0 Å². The van der Waals surface area contributed by atoms with E-state index in [4.69, 9.17) is 5.73 Å². The van der Waals surface area contributed by atoms with Crippen LogP contribution in [0.4, 0.5) is 0 Å². The van der Waals surface area contributed by atoms with E-state index in [1.54, 1.807) is 0 Å². The maximum atomic E-state index is 5.57. The molecule has 0 amide bonds. The first kappa shape index (κ1) is 10.6. The summed E-state index contributed by atoms with van der Waals surface area (Å²) in [6.45, 7) is 5.08. The van der Waals surface area contributed by atoms with Crippen LogP contribution in [-0.2, 0) is 6.54 Å². The molecule has 1 fully saturated rings. The van der Waals surface area contributed by atoms with Crippen LogP contribution < -0.4 is 16.6 Å². The van der Waals surface area contributed by atoms with Crippen molar-refractivity contribution in [1.82, 2.24) is 10.9 Å². The van der Waals surface area contributed by atoms with Crippen LogP contribution in [0.5, 0.6) is 0 Å². The van der Waals surface area contributed by atoms with Crippen LogP contribution in [0.1, 0.15) is 31.0 Å². The zero-order chi connectivity index (χ0) is 10.8. The quantitative estimate of drug-likeness (QED) is 0.682. The molecular formula is C12H19N3. The standard InChI is InChI=1S/C12H19N3/c1-8-9(2)14-15-12(8)11-5-3-10(7-13)4-6-11/h3-6,8-9,12,14-15H,7,13H2,1-2H3. The fourth-order valence-corrected chi connectivity index (χ4v) is 2.02. The van der Waals surface area contributed by atoms with Gasteiger partial charge >= 0.3 is 0 Å². The molecule has 0 bridgehead atoms. The van der Waals surface area contributed by atoms with Gasteiger partial charge in [0.05, 0.1) is 6.04 Å². The van der Waals surface area contributed by atoms with Gasteiger partial charge < -0.3 is 5.73 Å². The van der Waals surface area contributed by atoms with E-state index in [1.807, 2.05) is 0 Å². The van der Waals surface area contributed by atoms with Gasteiger partial charge in [-0.05, 0) is 24.0 Å². The Morgan fingerprint density at radius 1 is 1.13 bits per heavy atom. The molecule has 2 rings (SSSR count).